The van der Waals surface area contributed by atoms with Crippen LogP contribution in [0.25, 0.3) is 10.7 Å². The molecule has 3 rings (SSSR count). The first kappa shape index (κ1) is 13.7. The van der Waals surface area contributed by atoms with Crippen LogP contribution in [0.15, 0.2) is 34.1 Å². The molecular formula is C14H11N3O2S2. The third kappa shape index (κ3) is 2.30. The number of thiazole rings is 1. The molecule has 3 aromatic rings. The molecule has 0 spiro atoms. The molecule has 0 aliphatic heterocycles. The Morgan fingerprint density at radius 1 is 1.43 bits per heavy atom. The number of nitrogens with zero attached hydrogens (tertiary/aromatic N) is 2. The molecule has 0 radical (unpaired) electrons. The highest BCUT2D eigenvalue weighted by Gasteiger charge is 2.24. The molecule has 2 N–H and O–H groups in total. The zero-order valence-corrected chi connectivity index (χ0v) is 12.7. The van der Waals surface area contributed by atoms with Crippen molar-refractivity contribution in [1.82, 2.24) is 9.97 Å². The fourth-order valence-electron chi connectivity index (χ4n) is 2.13. The topological polar surface area (TPSA) is 78.3 Å². The number of aromatic amines is 1. The van der Waals surface area contributed by atoms with Gasteiger partial charge in [-0.25, -0.2) is 4.98 Å². The van der Waals surface area contributed by atoms with E-state index in [9.17, 15) is 9.90 Å². The number of thiophene rings is 1. The Kier molecular flexibility index (Phi) is 3.68. The van der Waals surface area contributed by atoms with E-state index >= 15 is 0 Å². The molecule has 106 valence electrons. The standard InChI is InChI=1S/C14H11N3O2S2/c1-15-12(9-3-2-5-20-9)10-8(7-18)11(17-13(10)19)14-16-4-6-21-14/h2-7,17,19H,1H3. The second-order valence-corrected chi connectivity index (χ2v) is 5.98. The summed E-state index contributed by atoms with van der Waals surface area (Å²) in [6.07, 6.45) is 2.38. The van der Waals surface area contributed by atoms with Crippen LogP contribution in [0.5, 0.6) is 5.88 Å². The highest BCUT2D eigenvalue weighted by molar-refractivity contribution is 7.13. The smallest absolute Gasteiger partial charge is 0.199 e. The van der Waals surface area contributed by atoms with Crippen LogP contribution in [0.2, 0.25) is 0 Å². The molecule has 0 aromatic carbocycles. The third-order valence-electron chi connectivity index (χ3n) is 3.00. The summed E-state index contributed by atoms with van der Waals surface area (Å²) in [5.41, 5.74) is 1.89. The zero-order chi connectivity index (χ0) is 14.8. The quantitative estimate of drug-likeness (QED) is 0.573. The summed E-state index contributed by atoms with van der Waals surface area (Å²) in [6.45, 7) is 0. The second kappa shape index (κ2) is 5.63. The summed E-state index contributed by atoms with van der Waals surface area (Å²) in [7, 11) is 1.64. The van der Waals surface area contributed by atoms with Gasteiger partial charge in [-0.1, -0.05) is 6.07 Å². The fourth-order valence-corrected chi connectivity index (χ4v) is 3.55. The van der Waals surface area contributed by atoms with Gasteiger partial charge in [-0.15, -0.1) is 22.7 Å². The monoisotopic (exact) mass is 317 g/mol. The lowest BCUT2D eigenvalue weighted by molar-refractivity contribution is 0.112. The van der Waals surface area contributed by atoms with Crippen LogP contribution in [0.1, 0.15) is 20.8 Å². The normalized spacial score (nSPS) is 11.8. The maximum atomic E-state index is 11.5. The van der Waals surface area contributed by atoms with Gasteiger partial charge in [0.15, 0.2) is 12.2 Å². The van der Waals surface area contributed by atoms with Gasteiger partial charge in [0.25, 0.3) is 0 Å². The number of nitrogens with one attached hydrogen (secondary N) is 1. The molecule has 0 aliphatic rings. The van der Waals surface area contributed by atoms with Gasteiger partial charge >= 0.3 is 0 Å². The van der Waals surface area contributed by atoms with E-state index < -0.39 is 0 Å². The van der Waals surface area contributed by atoms with Crippen LogP contribution in [-0.2, 0) is 0 Å². The first-order valence-corrected chi connectivity index (χ1v) is 7.83. The molecule has 0 unspecified atom stereocenters. The van der Waals surface area contributed by atoms with Gasteiger partial charge in [0.2, 0.25) is 0 Å². The Morgan fingerprint density at radius 2 is 2.29 bits per heavy atom. The Hall–Kier alpha value is -2.25. The Balaban J connectivity index is 2.22. The number of carbonyl (C=O) groups excluding carboxylic acids is 1. The van der Waals surface area contributed by atoms with Crippen molar-refractivity contribution in [3.05, 3.63) is 45.1 Å². The van der Waals surface area contributed by atoms with E-state index in [1.807, 2.05) is 22.9 Å². The fraction of sp³-hybridized carbons (Fsp3) is 0.0714. The average molecular weight is 317 g/mol. The van der Waals surface area contributed by atoms with Crippen LogP contribution in [-0.4, -0.2) is 34.1 Å². The lowest BCUT2D eigenvalue weighted by atomic mass is 10.1. The maximum absolute atomic E-state index is 11.5. The molecule has 0 saturated heterocycles. The van der Waals surface area contributed by atoms with Crippen molar-refractivity contribution in [3.63, 3.8) is 0 Å². The minimum atomic E-state index is -0.0729. The number of hydrogen-bond donors (Lipinski definition) is 2. The van der Waals surface area contributed by atoms with Crippen molar-refractivity contribution in [1.29, 1.82) is 0 Å². The van der Waals surface area contributed by atoms with Gasteiger partial charge in [-0.05, 0) is 11.4 Å². The lowest BCUT2D eigenvalue weighted by Crippen LogP contribution is -2.03. The molecule has 5 nitrogen and oxygen atoms in total. The van der Waals surface area contributed by atoms with E-state index in [1.165, 1.54) is 22.7 Å². The molecule has 3 aromatic heterocycles. The van der Waals surface area contributed by atoms with Crippen LogP contribution in [0.3, 0.4) is 0 Å². The molecule has 0 fully saturated rings. The summed E-state index contributed by atoms with van der Waals surface area (Å²) < 4.78 is 0. The van der Waals surface area contributed by atoms with Gasteiger partial charge in [-0.2, -0.15) is 0 Å². The molecule has 0 atom stereocenters. The number of H-pyrrole nitrogens is 1. The van der Waals surface area contributed by atoms with Crippen molar-refractivity contribution in [3.8, 4) is 16.6 Å². The van der Waals surface area contributed by atoms with E-state index in [0.717, 1.165) is 11.2 Å². The molecule has 0 amide bonds. The number of rotatable bonds is 4. The van der Waals surface area contributed by atoms with Crippen molar-refractivity contribution in [2.75, 3.05) is 7.05 Å². The van der Waals surface area contributed by atoms with Crippen molar-refractivity contribution in [2.45, 2.75) is 0 Å². The zero-order valence-electron chi connectivity index (χ0n) is 11.0. The number of aliphatic imine (C=N–C) groups is 1. The summed E-state index contributed by atoms with van der Waals surface area (Å²) in [5.74, 6) is -0.0729. The van der Waals surface area contributed by atoms with Gasteiger partial charge in [-0.3, -0.25) is 9.79 Å². The van der Waals surface area contributed by atoms with Crippen LogP contribution >= 0.6 is 22.7 Å². The largest absolute Gasteiger partial charge is 0.494 e. The Bertz CT molecular complexity index is 787. The molecule has 0 saturated carbocycles. The van der Waals surface area contributed by atoms with E-state index in [0.29, 0.717) is 27.5 Å². The molecular weight excluding hydrogens is 306 g/mol. The van der Waals surface area contributed by atoms with Gasteiger partial charge < -0.3 is 10.1 Å². The summed E-state index contributed by atoms with van der Waals surface area (Å²) in [5, 5.41) is 14.6. The number of carbonyl (C=O) groups is 1. The first-order chi connectivity index (χ1) is 10.3. The maximum Gasteiger partial charge on any atom is 0.199 e. The second-order valence-electron chi connectivity index (χ2n) is 4.14. The van der Waals surface area contributed by atoms with Crippen molar-refractivity contribution >= 4 is 34.7 Å². The number of hydrogen-bond acceptors (Lipinski definition) is 6. The third-order valence-corrected chi connectivity index (χ3v) is 4.67. The number of aromatic hydroxyl groups is 1. The molecule has 0 bridgehead atoms. The van der Waals surface area contributed by atoms with Crippen LogP contribution in [0, 0.1) is 0 Å². The summed E-state index contributed by atoms with van der Waals surface area (Å²) in [4.78, 5) is 23.7. The predicted molar refractivity (Wildman–Crippen MR) is 84.8 cm³/mol. The van der Waals surface area contributed by atoms with Crippen LogP contribution in [0.4, 0.5) is 0 Å². The number of aromatic nitrogens is 2. The van der Waals surface area contributed by atoms with Crippen molar-refractivity contribution in [2.24, 2.45) is 4.99 Å². The SMILES string of the molecule is CN=C(c1cccs1)c1c(O)[nH]c(-c2nccs2)c1C=O. The molecule has 7 heteroatoms. The minimum Gasteiger partial charge on any atom is -0.494 e. The molecule has 3 heterocycles. The van der Waals surface area contributed by atoms with E-state index in [2.05, 4.69) is 15.0 Å². The van der Waals surface area contributed by atoms with Crippen LogP contribution < -0.4 is 0 Å². The highest BCUT2D eigenvalue weighted by Crippen LogP contribution is 2.34. The molecule has 0 aliphatic carbocycles. The molecule has 21 heavy (non-hydrogen) atoms. The van der Waals surface area contributed by atoms with E-state index in [1.54, 1.807) is 13.2 Å². The number of aldehydes is 1. The van der Waals surface area contributed by atoms with E-state index in [4.69, 9.17) is 0 Å². The minimum absolute atomic E-state index is 0.0729. The van der Waals surface area contributed by atoms with Crippen molar-refractivity contribution < 1.29 is 9.90 Å². The Labute approximate surface area is 128 Å². The van der Waals surface area contributed by atoms with Gasteiger partial charge in [0.1, 0.15) is 5.01 Å². The first-order valence-electron chi connectivity index (χ1n) is 6.07. The summed E-state index contributed by atoms with van der Waals surface area (Å²) in [6, 6.07) is 3.80. The van der Waals surface area contributed by atoms with Gasteiger partial charge in [0, 0.05) is 18.6 Å². The lowest BCUT2D eigenvalue weighted by Gasteiger charge is -2.03. The summed E-state index contributed by atoms with van der Waals surface area (Å²) >= 11 is 2.90. The van der Waals surface area contributed by atoms with Gasteiger partial charge in [0.05, 0.1) is 27.4 Å². The average Bonchev–Trinajstić information content (AvgIpc) is 3.21. The van der Waals surface area contributed by atoms with E-state index in [-0.39, 0.29) is 5.88 Å². The predicted octanol–water partition coefficient (Wildman–Crippen LogP) is 3.19. The Morgan fingerprint density at radius 3 is 2.86 bits per heavy atom. The highest BCUT2D eigenvalue weighted by atomic mass is 32.1.